The molecule has 3 nitrogen and oxygen atoms in total. The van der Waals surface area contributed by atoms with E-state index in [0.717, 1.165) is 66.1 Å². The van der Waals surface area contributed by atoms with Gasteiger partial charge in [0.2, 0.25) is 0 Å². The van der Waals surface area contributed by atoms with Gasteiger partial charge in [-0.25, -0.2) is 0 Å². The van der Waals surface area contributed by atoms with E-state index in [9.17, 15) is 5.26 Å². The van der Waals surface area contributed by atoms with E-state index < -0.39 is 11.7 Å². The van der Waals surface area contributed by atoms with Crippen LogP contribution in [0.15, 0.2) is 231 Å². The lowest BCUT2D eigenvalue weighted by atomic mass is 9.98. The van der Waals surface area contributed by atoms with Gasteiger partial charge in [0.25, 0.3) is 0 Å². The second-order valence-electron chi connectivity index (χ2n) is 17.1. The van der Waals surface area contributed by atoms with Crippen LogP contribution in [0.2, 0.25) is 0 Å². The first-order chi connectivity index (χ1) is 33.3. The third-order valence-corrected chi connectivity index (χ3v) is 13.2. The van der Waals surface area contributed by atoms with Gasteiger partial charge in [0, 0.05) is 21.5 Å². The molecule has 12 rings (SSSR count). The monoisotopic (exact) mass is 881 g/mol. The van der Waals surface area contributed by atoms with Crippen LogP contribution < -0.4 is 0 Å². The lowest BCUT2D eigenvalue weighted by Gasteiger charge is -2.23. The molecule has 0 N–H and O–H groups in total. The van der Waals surface area contributed by atoms with Gasteiger partial charge in [0.15, 0.2) is 0 Å². The summed E-state index contributed by atoms with van der Waals surface area (Å²) < 4.78 is 54.0. The highest BCUT2D eigenvalue weighted by Gasteiger charge is 2.39. The van der Waals surface area contributed by atoms with Gasteiger partial charge < -0.3 is 9.13 Å². The van der Waals surface area contributed by atoms with Crippen LogP contribution in [0.4, 0.5) is 13.2 Å². The maximum Gasteiger partial charge on any atom is 0.420 e. The van der Waals surface area contributed by atoms with Crippen LogP contribution in [0, 0.1) is 11.3 Å². The minimum Gasteiger partial charge on any atom is -0.309 e. The first-order valence-corrected chi connectivity index (χ1v) is 22.5. The molecule has 68 heavy (non-hydrogen) atoms. The first-order valence-electron chi connectivity index (χ1n) is 22.5. The van der Waals surface area contributed by atoms with E-state index >= 15 is 13.2 Å². The van der Waals surface area contributed by atoms with E-state index in [4.69, 9.17) is 0 Å². The largest absolute Gasteiger partial charge is 0.420 e. The number of nitrogens with zero attached hydrogens (tertiary/aromatic N) is 3. The van der Waals surface area contributed by atoms with Crippen molar-refractivity contribution in [3.8, 4) is 73.1 Å². The summed E-state index contributed by atoms with van der Waals surface area (Å²) in [5.74, 6) is 0. The Labute approximate surface area is 390 Å². The zero-order valence-corrected chi connectivity index (χ0v) is 36.4. The van der Waals surface area contributed by atoms with Crippen LogP contribution in [0.3, 0.4) is 0 Å². The second-order valence-corrected chi connectivity index (χ2v) is 17.1. The summed E-state index contributed by atoms with van der Waals surface area (Å²) in [6, 6.07) is 76.8. The van der Waals surface area contributed by atoms with Gasteiger partial charge in [0.1, 0.15) is 5.56 Å². The molecule has 0 aliphatic heterocycles. The van der Waals surface area contributed by atoms with Gasteiger partial charge in [-0.05, 0) is 128 Å². The fourth-order valence-electron chi connectivity index (χ4n) is 9.97. The Balaban J connectivity index is 1.21. The number of benzene rings is 10. The molecular weight excluding hydrogens is 844 g/mol. The van der Waals surface area contributed by atoms with E-state index in [2.05, 4.69) is 30.3 Å². The summed E-state index contributed by atoms with van der Waals surface area (Å²) in [4.78, 5) is 0. The third-order valence-electron chi connectivity index (χ3n) is 13.2. The number of fused-ring (bicyclic) bond motifs is 6. The Kier molecular flexibility index (Phi) is 9.67. The normalized spacial score (nSPS) is 11.7. The predicted molar refractivity (Wildman–Crippen MR) is 272 cm³/mol. The molecule has 0 atom stereocenters. The SMILES string of the molecule is N#Cc1ccc(-c2cc(-n3c4ccc(-c5ccccc5)cc4c4cc(-c5ccccc5)ccc43)c(C(F)(F)F)c(-n3c4ccc(-c5ccccc5)cc4c4cc(-c5ccccc5)ccc43)c2)cc1. The number of alkyl halides is 3. The van der Waals surface area contributed by atoms with Crippen molar-refractivity contribution >= 4 is 43.6 Å². The number of halogens is 3. The minimum absolute atomic E-state index is 0.00825. The average molecular weight is 882 g/mol. The Hall–Kier alpha value is -8.92. The molecule has 12 aromatic rings. The molecule has 0 spiro atoms. The smallest absolute Gasteiger partial charge is 0.309 e. The van der Waals surface area contributed by atoms with Crippen LogP contribution in [0.1, 0.15) is 11.1 Å². The maximum absolute atomic E-state index is 16.8. The van der Waals surface area contributed by atoms with Crippen molar-refractivity contribution in [2.75, 3.05) is 0 Å². The van der Waals surface area contributed by atoms with Gasteiger partial charge in [-0.2, -0.15) is 18.4 Å². The maximum atomic E-state index is 16.8. The number of hydrogen-bond donors (Lipinski definition) is 0. The Morgan fingerprint density at radius 2 is 0.588 bits per heavy atom. The van der Waals surface area contributed by atoms with Crippen LogP contribution in [0.25, 0.3) is 111 Å². The molecule has 0 bridgehead atoms. The highest BCUT2D eigenvalue weighted by molar-refractivity contribution is 6.13. The van der Waals surface area contributed by atoms with E-state index in [0.29, 0.717) is 38.8 Å². The van der Waals surface area contributed by atoms with Crippen molar-refractivity contribution in [1.82, 2.24) is 9.13 Å². The van der Waals surface area contributed by atoms with Crippen LogP contribution in [-0.4, -0.2) is 9.13 Å². The number of rotatable bonds is 7. The molecule has 0 saturated carbocycles. The molecule has 0 unspecified atom stereocenters. The van der Waals surface area contributed by atoms with Crippen LogP contribution >= 0.6 is 0 Å². The van der Waals surface area contributed by atoms with Crippen molar-refractivity contribution in [1.29, 1.82) is 5.26 Å². The molecule has 322 valence electrons. The molecule has 6 heteroatoms. The molecular formula is C62H38F3N3. The Morgan fingerprint density at radius 1 is 0.309 bits per heavy atom. The molecule has 0 radical (unpaired) electrons. The number of nitriles is 1. The van der Waals surface area contributed by atoms with Gasteiger partial charge in [-0.1, -0.05) is 158 Å². The number of aromatic nitrogens is 2. The summed E-state index contributed by atoms with van der Waals surface area (Å²) in [7, 11) is 0. The van der Waals surface area contributed by atoms with Crippen molar-refractivity contribution in [3.05, 3.63) is 242 Å². The van der Waals surface area contributed by atoms with E-state index in [1.54, 1.807) is 33.4 Å². The first kappa shape index (κ1) is 40.6. The highest BCUT2D eigenvalue weighted by Crippen LogP contribution is 2.47. The summed E-state index contributed by atoms with van der Waals surface area (Å²) in [6.45, 7) is 0. The molecule has 0 saturated heterocycles. The minimum atomic E-state index is -4.83. The highest BCUT2D eigenvalue weighted by atomic mass is 19.4. The zero-order chi connectivity index (χ0) is 45.9. The van der Waals surface area contributed by atoms with E-state index in [1.165, 1.54) is 0 Å². The van der Waals surface area contributed by atoms with Crippen molar-refractivity contribution in [2.24, 2.45) is 0 Å². The predicted octanol–water partition coefficient (Wildman–Crippen LogP) is 17.1. The zero-order valence-electron chi connectivity index (χ0n) is 36.4. The molecule has 0 aliphatic rings. The lowest BCUT2D eigenvalue weighted by molar-refractivity contribution is -0.137. The summed E-state index contributed by atoms with van der Waals surface area (Å²) in [6.07, 6.45) is -4.83. The lowest BCUT2D eigenvalue weighted by Crippen LogP contribution is -2.16. The third kappa shape index (κ3) is 6.92. The molecule has 10 aromatic carbocycles. The summed E-state index contributed by atoms with van der Waals surface area (Å²) in [5, 5.41) is 13.1. The quantitative estimate of drug-likeness (QED) is 0.157. The fraction of sp³-hybridized carbons (Fsp3) is 0.0161. The van der Waals surface area contributed by atoms with E-state index in [-0.39, 0.29) is 11.4 Å². The molecule has 0 aliphatic carbocycles. The van der Waals surface area contributed by atoms with Gasteiger partial charge in [-0.15, -0.1) is 0 Å². The molecule has 0 amide bonds. The van der Waals surface area contributed by atoms with E-state index in [1.807, 2.05) is 182 Å². The Morgan fingerprint density at radius 3 is 0.868 bits per heavy atom. The van der Waals surface area contributed by atoms with Crippen molar-refractivity contribution < 1.29 is 13.2 Å². The van der Waals surface area contributed by atoms with Crippen LogP contribution in [-0.2, 0) is 6.18 Å². The van der Waals surface area contributed by atoms with Gasteiger partial charge in [-0.3, -0.25) is 0 Å². The number of hydrogen-bond acceptors (Lipinski definition) is 1. The average Bonchev–Trinajstić information content (AvgIpc) is 3.90. The second kappa shape index (κ2) is 16.2. The molecule has 2 heterocycles. The van der Waals surface area contributed by atoms with Crippen LogP contribution in [0.5, 0.6) is 0 Å². The van der Waals surface area contributed by atoms with Gasteiger partial charge >= 0.3 is 6.18 Å². The molecule has 0 fully saturated rings. The summed E-state index contributed by atoms with van der Waals surface area (Å²) >= 11 is 0. The fourth-order valence-corrected chi connectivity index (χ4v) is 9.97. The topological polar surface area (TPSA) is 33.6 Å². The Bertz CT molecular complexity index is 3500. The van der Waals surface area contributed by atoms with Crippen molar-refractivity contribution in [3.63, 3.8) is 0 Å². The van der Waals surface area contributed by atoms with Crippen molar-refractivity contribution in [2.45, 2.75) is 6.18 Å². The molecule has 2 aromatic heterocycles. The van der Waals surface area contributed by atoms with Gasteiger partial charge in [0.05, 0.1) is 45.1 Å². The summed E-state index contributed by atoms with van der Waals surface area (Å²) in [5.41, 5.74) is 11.3. The standard InChI is InChI=1S/C62H38F3N3/c63-62(64,65)61-59(67-55-29-25-46(41-13-5-1-6-14-41)33-51(55)52-34-47(26-30-56(52)67)42-15-7-2-8-16-42)37-50(45-23-21-40(39-66)22-24-45)38-60(61)68-57-31-27-48(43-17-9-3-10-18-43)35-53(57)54-36-49(28-32-58(54)68)44-19-11-4-12-20-44/h1-38H.